The van der Waals surface area contributed by atoms with Crippen LogP contribution in [-0.4, -0.2) is 40.6 Å². The fourth-order valence-corrected chi connectivity index (χ4v) is 2.56. The lowest BCUT2D eigenvalue weighted by atomic mass is 10.2. The minimum absolute atomic E-state index is 0.0882. The molecule has 0 spiro atoms. The molecular weight excluding hydrogens is 314 g/mol. The van der Waals surface area contributed by atoms with Gasteiger partial charge < -0.3 is 9.64 Å². The lowest BCUT2D eigenvalue weighted by Gasteiger charge is -2.18. The van der Waals surface area contributed by atoms with Crippen LogP contribution in [0.4, 0.5) is 0 Å². The minimum Gasteiger partial charge on any atom is -0.491 e. The molecule has 3 aromatic rings. The average molecular weight is 335 g/mol. The number of aryl methyl sites for hydroxylation is 1. The first kappa shape index (κ1) is 16.8. The molecule has 2 aromatic carbocycles. The molecule has 0 bridgehead atoms. The highest BCUT2D eigenvalue weighted by Crippen LogP contribution is 2.16. The van der Waals surface area contributed by atoms with Gasteiger partial charge in [-0.15, -0.1) is 0 Å². The zero-order valence-corrected chi connectivity index (χ0v) is 14.4. The molecule has 0 aliphatic rings. The molecule has 0 aliphatic carbocycles. The van der Waals surface area contributed by atoms with Crippen molar-refractivity contribution < 1.29 is 9.53 Å². The van der Waals surface area contributed by atoms with E-state index in [1.807, 2.05) is 61.5 Å². The standard InChI is InChI=1S/C20H21N3O2/c1-16-8-6-7-11-19(16)25-13-12-22(2)20(24)18-14-21-15-23(18)17-9-4-3-5-10-17/h3-11,14-15H,12-13H2,1-2H3. The Bertz CT molecular complexity index is 843. The van der Waals surface area contributed by atoms with Gasteiger partial charge >= 0.3 is 0 Å². The maximum absolute atomic E-state index is 12.7. The molecule has 3 rings (SSSR count). The molecule has 128 valence electrons. The summed E-state index contributed by atoms with van der Waals surface area (Å²) in [6.07, 6.45) is 3.24. The molecule has 0 unspecified atom stereocenters. The van der Waals surface area contributed by atoms with E-state index in [2.05, 4.69) is 4.98 Å². The topological polar surface area (TPSA) is 47.4 Å². The van der Waals surface area contributed by atoms with Gasteiger partial charge in [-0.3, -0.25) is 9.36 Å². The van der Waals surface area contributed by atoms with Crippen molar-refractivity contribution in [3.05, 3.63) is 78.4 Å². The SMILES string of the molecule is Cc1ccccc1OCCN(C)C(=O)c1cncn1-c1ccccc1. The van der Waals surface area contributed by atoms with Gasteiger partial charge in [-0.2, -0.15) is 0 Å². The number of ether oxygens (including phenoxy) is 1. The summed E-state index contributed by atoms with van der Waals surface area (Å²) < 4.78 is 7.57. The van der Waals surface area contributed by atoms with Crippen LogP contribution in [0.3, 0.4) is 0 Å². The Morgan fingerprint density at radius 1 is 1.12 bits per heavy atom. The van der Waals surface area contributed by atoms with E-state index in [1.165, 1.54) is 0 Å². The van der Waals surface area contributed by atoms with Gasteiger partial charge in [-0.05, 0) is 30.7 Å². The third-order valence-electron chi connectivity index (χ3n) is 4.02. The zero-order valence-electron chi connectivity index (χ0n) is 14.4. The fraction of sp³-hybridized carbons (Fsp3) is 0.200. The number of amides is 1. The van der Waals surface area contributed by atoms with Crippen molar-refractivity contribution in [2.24, 2.45) is 0 Å². The molecule has 1 heterocycles. The molecule has 0 saturated carbocycles. The Morgan fingerprint density at radius 3 is 2.60 bits per heavy atom. The van der Waals surface area contributed by atoms with Crippen molar-refractivity contribution in [2.45, 2.75) is 6.92 Å². The highest BCUT2D eigenvalue weighted by Gasteiger charge is 2.17. The van der Waals surface area contributed by atoms with Crippen LogP contribution in [0, 0.1) is 6.92 Å². The number of carbonyl (C=O) groups excluding carboxylic acids is 1. The van der Waals surface area contributed by atoms with Crippen LogP contribution in [0.15, 0.2) is 67.1 Å². The largest absolute Gasteiger partial charge is 0.491 e. The second kappa shape index (κ2) is 7.66. The number of aromatic nitrogens is 2. The van der Waals surface area contributed by atoms with Crippen molar-refractivity contribution in [1.82, 2.24) is 14.5 Å². The molecule has 1 aromatic heterocycles. The number of rotatable bonds is 6. The first-order valence-electron chi connectivity index (χ1n) is 8.18. The molecule has 0 fully saturated rings. The van der Waals surface area contributed by atoms with E-state index in [1.54, 1.807) is 29.0 Å². The van der Waals surface area contributed by atoms with Gasteiger partial charge in [0.1, 0.15) is 18.1 Å². The summed E-state index contributed by atoms with van der Waals surface area (Å²) in [7, 11) is 1.77. The molecule has 0 aliphatic heterocycles. The molecule has 0 saturated heterocycles. The lowest BCUT2D eigenvalue weighted by Crippen LogP contribution is -2.32. The highest BCUT2D eigenvalue weighted by atomic mass is 16.5. The van der Waals surface area contributed by atoms with Gasteiger partial charge in [-0.25, -0.2) is 4.98 Å². The Morgan fingerprint density at radius 2 is 1.84 bits per heavy atom. The first-order chi connectivity index (χ1) is 12.2. The highest BCUT2D eigenvalue weighted by molar-refractivity contribution is 5.92. The van der Waals surface area contributed by atoms with Gasteiger partial charge in [0, 0.05) is 12.7 Å². The second-order valence-electron chi connectivity index (χ2n) is 5.83. The number of nitrogens with zero attached hydrogens (tertiary/aromatic N) is 3. The molecule has 5 nitrogen and oxygen atoms in total. The van der Waals surface area contributed by atoms with Crippen molar-refractivity contribution in [3.8, 4) is 11.4 Å². The van der Waals surface area contributed by atoms with E-state index in [0.29, 0.717) is 18.8 Å². The summed E-state index contributed by atoms with van der Waals surface area (Å²) in [5.41, 5.74) is 2.52. The first-order valence-corrected chi connectivity index (χ1v) is 8.18. The summed E-state index contributed by atoms with van der Waals surface area (Å²) in [5.74, 6) is 0.757. The number of para-hydroxylation sites is 2. The van der Waals surface area contributed by atoms with Gasteiger partial charge in [0.2, 0.25) is 0 Å². The van der Waals surface area contributed by atoms with E-state index in [9.17, 15) is 4.79 Å². The normalized spacial score (nSPS) is 10.5. The molecule has 1 amide bonds. The van der Waals surface area contributed by atoms with Gasteiger partial charge in [-0.1, -0.05) is 36.4 Å². The van der Waals surface area contributed by atoms with Crippen molar-refractivity contribution in [1.29, 1.82) is 0 Å². The van der Waals surface area contributed by atoms with Crippen LogP contribution in [0.2, 0.25) is 0 Å². The summed E-state index contributed by atoms with van der Waals surface area (Å²) in [6.45, 7) is 2.93. The Kier molecular flexibility index (Phi) is 5.14. The van der Waals surface area contributed by atoms with Crippen molar-refractivity contribution >= 4 is 5.91 Å². The maximum Gasteiger partial charge on any atom is 0.272 e. The second-order valence-corrected chi connectivity index (χ2v) is 5.83. The van der Waals surface area contributed by atoms with E-state index in [0.717, 1.165) is 17.0 Å². The number of imidazole rings is 1. The molecule has 0 atom stereocenters. The smallest absolute Gasteiger partial charge is 0.272 e. The molecular formula is C20H21N3O2. The van der Waals surface area contributed by atoms with E-state index >= 15 is 0 Å². The quantitative estimate of drug-likeness (QED) is 0.694. The number of carbonyl (C=O) groups is 1. The van der Waals surface area contributed by atoms with Crippen molar-refractivity contribution in [2.75, 3.05) is 20.2 Å². The summed E-state index contributed by atoms with van der Waals surface area (Å²) in [6, 6.07) is 17.5. The number of benzene rings is 2. The van der Waals surface area contributed by atoms with Crippen LogP contribution >= 0.6 is 0 Å². The Balaban J connectivity index is 1.64. The third kappa shape index (κ3) is 3.88. The fourth-order valence-electron chi connectivity index (χ4n) is 2.56. The van der Waals surface area contributed by atoms with Gasteiger partial charge in [0.15, 0.2) is 0 Å². The predicted octanol–water partition coefficient (Wildman–Crippen LogP) is 3.33. The third-order valence-corrected chi connectivity index (χ3v) is 4.02. The minimum atomic E-state index is -0.0882. The number of hydrogen-bond acceptors (Lipinski definition) is 3. The van der Waals surface area contributed by atoms with Crippen molar-refractivity contribution in [3.63, 3.8) is 0 Å². The maximum atomic E-state index is 12.7. The lowest BCUT2D eigenvalue weighted by molar-refractivity contribution is 0.0766. The average Bonchev–Trinajstić information content (AvgIpc) is 3.13. The summed E-state index contributed by atoms with van der Waals surface area (Å²) >= 11 is 0. The van der Waals surface area contributed by atoms with E-state index in [-0.39, 0.29) is 5.91 Å². The van der Waals surface area contributed by atoms with Crippen LogP contribution in [0.1, 0.15) is 16.1 Å². The van der Waals surface area contributed by atoms with Crippen LogP contribution in [0.25, 0.3) is 5.69 Å². The Labute approximate surface area is 147 Å². The van der Waals surface area contributed by atoms with Crippen LogP contribution in [-0.2, 0) is 0 Å². The van der Waals surface area contributed by atoms with Crippen LogP contribution < -0.4 is 4.74 Å². The number of hydrogen-bond donors (Lipinski definition) is 0. The predicted molar refractivity (Wildman–Crippen MR) is 97.2 cm³/mol. The Hall–Kier alpha value is -3.08. The van der Waals surface area contributed by atoms with Crippen LogP contribution in [0.5, 0.6) is 5.75 Å². The molecule has 0 N–H and O–H groups in total. The van der Waals surface area contributed by atoms with E-state index < -0.39 is 0 Å². The summed E-state index contributed by atoms with van der Waals surface area (Å²) in [5, 5.41) is 0. The number of likely N-dealkylation sites (N-methyl/N-ethyl adjacent to an activating group) is 1. The molecule has 0 radical (unpaired) electrons. The zero-order chi connectivity index (χ0) is 17.6. The monoisotopic (exact) mass is 335 g/mol. The molecule has 5 heteroatoms. The van der Waals surface area contributed by atoms with E-state index in [4.69, 9.17) is 4.74 Å². The van der Waals surface area contributed by atoms with Gasteiger partial charge in [0.25, 0.3) is 5.91 Å². The summed E-state index contributed by atoms with van der Waals surface area (Å²) in [4.78, 5) is 18.5. The van der Waals surface area contributed by atoms with Gasteiger partial charge in [0.05, 0.1) is 19.1 Å². The molecule has 25 heavy (non-hydrogen) atoms.